The van der Waals surface area contributed by atoms with Crippen LogP contribution in [0.5, 0.6) is 0 Å². The van der Waals surface area contributed by atoms with Crippen molar-refractivity contribution >= 4 is 40.0 Å². The van der Waals surface area contributed by atoms with Crippen molar-refractivity contribution in [1.82, 2.24) is 15.2 Å². The Morgan fingerprint density at radius 2 is 1.82 bits per heavy atom. The van der Waals surface area contributed by atoms with E-state index < -0.39 is 12.1 Å². The molecule has 5 rings (SSSR count). The molecule has 1 fully saturated rings. The van der Waals surface area contributed by atoms with Crippen molar-refractivity contribution < 1.29 is 9.90 Å². The monoisotopic (exact) mass is 547 g/mol. The zero-order valence-corrected chi connectivity index (χ0v) is 23.0. The molecule has 5 nitrogen and oxygen atoms in total. The number of fused-ring (bicyclic) bond motifs is 1. The maximum absolute atomic E-state index is 13.7. The summed E-state index contributed by atoms with van der Waals surface area (Å²) < 4.78 is 0. The molecule has 4 aromatic rings. The van der Waals surface area contributed by atoms with Crippen molar-refractivity contribution in [2.75, 3.05) is 6.54 Å². The molecule has 1 amide bonds. The maximum Gasteiger partial charge on any atom is 0.254 e. The topological polar surface area (TPSA) is 65.5 Å². The van der Waals surface area contributed by atoms with Gasteiger partial charge < -0.3 is 15.3 Å². The van der Waals surface area contributed by atoms with E-state index in [1.807, 2.05) is 61.3 Å². The predicted molar refractivity (Wildman–Crippen MR) is 154 cm³/mol. The Kier molecular flexibility index (Phi) is 8.01. The second-order valence-corrected chi connectivity index (χ2v) is 11.0. The molecule has 0 bridgehead atoms. The Bertz CT molecular complexity index is 1450. The summed E-state index contributed by atoms with van der Waals surface area (Å²) in [6.45, 7) is 5.19. The molecule has 0 unspecified atom stereocenters. The second-order valence-electron chi connectivity index (χ2n) is 10.2. The van der Waals surface area contributed by atoms with E-state index in [0.29, 0.717) is 40.7 Å². The molecule has 0 spiro atoms. The first-order valence-electron chi connectivity index (χ1n) is 12.9. The van der Waals surface area contributed by atoms with Crippen LogP contribution in [-0.2, 0) is 6.54 Å². The first kappa shape index (κ1) is 26.6. The van der Waals surface area contributed by atoms with E-state index in [-0.39, 0.29) is 11.9 Å². The molecule has 2 N–H and O–H groups in total. The van der Waals surface area contributed by atoms with Crippen LogP contribution in [0.2, 0.25) is 10.0 Å². The van der Waals surface area contributed by atoms with Crippen LogP contribution >= 0.6 is 23.2 Å². The van der Waals surface area contributed by atoms with Crippen molar-refractivity contribution in [3.05, 3.63) is 111 Å². The number of nitrogens with one attached hydrogen (secondary N) is 1. The minimum Gasteiger partial charge on any atom is -0.386 e. The van der Waals surface area contributed by atoms with Crippen LogP contribution in [0.15, 0.2) is 72.9 Å². The van der Waals surface area contributed by atoms with Crippen LogP contribution in [0, 0.1) is 13.8 Å². The number of carbonyl (C=O) groups is 1. The number of aliphatic hydroxyl groups excluding tert-OH is 1. The average Bonchev–Trinajstić information content (AvgIpc) is 2.92. The first-order valence-corrected chi connectivity index (χ1v) is 13.6. The van der Waals surface area contributed by atoms with Crippen LogP contribution < -0.4 is 5.32 Å². The van der Waals surface area contributed by atoms with Crippen molar-refractivity contribution in [3.8, 4) is 0 Å². The third-order valence-corrected chi connectivity index (χ3v) is 8.08. The summed E-state index contributed by atoms with van der Waals surface area (Å²) in [7, 11) is 0. The number of para-hydroxylation sites is 1. The van der Waals surface area contributed by atoms with Gasteiger partial charge in [-0.15, -0.1) is 0 Å². The quantitative estimate of drug-likeness (QED) is 0.283. The molecule has 1 aliphatic heterocycles. The summed E-state index contributed by atoms with van der Waals surface area (Å²) >= 11 is 12.4. The minimum atomic E-state index is -0.911. The number of aryl methyl sites for hydroxylation is 2. The Hall–Kier alpha value is -2.96. The van der Waals surface area contributed by atoms with Gasteiger partial charge >= 0.3 is 0 Å². The van der Waals surface area contributed by atoms with Crippen LogP contribution in [0.3, 0.4) is 0 Å². The number of pyridine rings is 1. The summed E-state index contributed by atoms with van der Waals surface area (Å²) in [6, 6.07) is 20.9. The number of aliphatic hydroxyl groups is 1. The molecule has 3 atom stereocenters. The molecule has 1 aromatic heterocycles. The summed E-state index contributed by atoms with van der Waals surface area (Å²) in [4.78, 5) is 20.0. The van der Waals surface area contributed by atoms with Gasteiger partial charge in [-0.1, -0.05) is 64.7 Å². The number of likely N-dealkylation sites (tertiary alicyclic amines) is 1. The van der Waals surface area contributed by atoms with Gasteiger partial charge in [0.25, 0.3) is 5.91 Å². The standard InChI is InChI=1S/C31H31Cl2N3O2/c1-19-13-20(2)15-23(14-19)31(38)36-12-10-24(17-29(36)30(37)21-7-8-26(32)27(33)16-21)35-18-22-9-11-34-28-6-4-3-5-25(22)28/h3-9,11,13-16,24,29-30,35,37H,10,12,17-18H2,1-2H3/t24-,29-,30+/m1/s1. The highest BCUT2D eigenvalue weighted by molar-refractivity contribution is 6.42. The van der Waals surface area contributed by atoms with Gasteiger partial charge in [0, 0.05) is 36.3 Å². The SMILES string of the molecule is Cc1cc(C)cc(C(=O)N2CC[C@@H](NCc3ccnc4ccccc34)C[C@@H]2[C@@H](O)c2ccc(Cl)c(Cl)c2)c1. The Labute approximate surface area is 233 Å². The third kappa shape index (κ3) is 5.71. The molecule has 1 aliphatic rings. The number of piperidine rings is 1. The lowest BCUT2D eigenvalue weighted by Gasteiger charge is -2.42. The smallest absolute Gasteiger partial charge is 0.254 e. The van der Waals surface area contributed by atoms with E-state index in [1.54, 1.807) is 18.2 Å². The molecule has 2 heterocycles. The zero-order valence-electron chi connectivity index (χ0n) is 21.5. The van der Waals surface area contributed by atoms with Crippen molar-refractivity contribution in [2.45, 2.75) is 51.4 Å². The maximum atomic E-state index is 13.7. The van der Waals surface area contributed by atoms with Gasteiger partial charge in [-0.25, -0.2) is 0 Å². The molecule has 3 aromatic carbocycles. The van der Waals surface area contributed by atoms with Gasteiger partial charge in [0.05, 0.1) is 27.7 Å². The van der Waals surface area contributed by atoms with Gasteiger partial charge in [-0.05, 0) is 74.2 Å². The van der Waals surface area contributed by atoms with Crippen LogP contribution in [-0.4, -0.2) is 39.5 Å². The Morgan fingerprint density at radius 1 is 1.05 bits per heavy atom. The highest BCUT2D eigenvalue weighted by Crippen LogP contribution is 2.33. The second kappa shape index (κ2) is 11.4. The highest BCUT2D eigenvalue weighted by Gasteiger charge is 2.37. The van der Waals surface area contributed by atoms with Crippen LogP contribution in [0.1, 0.15) is 51.6 Å². The van der Waals surface area contributed by atoms with Crippen molar-refractivity contribution in [1.29, 1.82) is 0 Å². The van der Waals surface area contributed by atoms with Gasteiger partial charge in [-0.3, -0.25) is 9.78 Å². The number of nitrogens with zero attached hydrogens (tertiary/aromatic N) is 2. The Balaban J connectivity index is 1.40. The lowest BCUT2D eigenvalue weighted by Crippen LogP contribution is -2.53. The van der Waals surface area contributed by atoms with E-state index in [4.69, 9.17) is 23.2 Å². The normalized spacial score (nSPS) is 18.5. The molecule has 1 saturated heterocycles. The number of hydrogen-bond donors (Lipinski definition) is 2. The summed E-state index contributed by atoms with van der Waals surface area (Å²) in [6.07, 6.45) is 2.30. The summed E-state index contributed by atoms with van der Waals surface area (Å²) in [5.41, 5.74) is 5.50. The van der Waals surface area contributed by atoms with Crippen LogP contribution in [0.4, 0.5) is 0 Å². The van der Waals surface area contributed by atoms with Crippen molar-refractivity contribution in [3.63, 3.8) is 0 Å². The van der Waals surface area contributed by atoms with E-state index >= 15 is 0 Å². The predicted octanol–water partition coefficient (Wildman–Crippen LogP) is 6.66. The Morgan fingerprint density at radius 3 is 2.58 bits per heavy atom. The molecule has 7 heteroatoms. The summed E-state index contributed by atoms with van der Waals surface area (Å²) in [5.74, 6) is -0.0699. The van der Waals surface area contributed by atoms with Gasteiger partial charge in [0.2, 0.25) is 0 Å². The average molecular weight is 549 g/mol. The fourth-order valence-electron chi connectivity index (χ4n) is 5.48. The number of aromatic nitrogens is 1. The molecule has 38 heavy (non-hydrogen) atoms. The number of amides is 1. The van der Waals surface area contributed by atoms with E-state index in [9.17, 15) is 9.90 Å². The number of halogens is 2. The molecule has 0 saturated carbocycles. The molecule has 0 aliphatic carbocycles. The lowest BCUT2D eigenvalue weighted by atomic mass is 9.89. The minimum absolute atomic E-state index is 0.0699. The van der Waals surface area contributed by atoms with E-state index in [2.05, 4.69) is 22.4 Å². The number of carbonyl (C=O) groups excluding carboxylic acids is 1. The van der Waals surface area contributed by atoms with Crippen LogP contribution in [0.25, 0.3) is 10.9 Å². The van der Waals surface area contributed by atoms with E-state index in [1.165, 1.54) is 5.56 Å². The number of benzene rings is 3. The number of hydrogen-bond acceptors (Lipinski definition) is 4. The lowest BCUT2D eigenvalue weighted by molar-refractivity contribution is 0.0144. The van der Waals surface area contributed by atoms with Gasteiger partial charge in [-0.2, -0.15) is 0 Å². The molecular formula is C31H31Cl2N3O2. The van der Waals surface area contributed by atoms with E-state index in [0.717, 1.165) is 28.5 Å². The first-order chi connectivity index (χ1) is 18.3. The molecule has 0 radical (unpaired) electrons. The zero-order chi connectivity index (χ0) is 26.8. The van der Waals surface area contributed by atoms with Gasteiger partial charge in [0.1, 0.15) is 0 Å². The third-order valence-electron chi connectivity index (χ3n) is 7.34. The summed E-state index contributed by atoms with van der Waals surface area (Å²) in [5, 5.41) is 17.2. The largest absolute Gasteiger partial charge is 0.386 e. The number of rotatable bonds is 6. The molecule has 196 valence electrons. The fourth-order valence-corrected chi connectivity index (χ4v) is 5.79. The van der Waals surface area contributed by atoms with Gasteiger partial charge in [0.15, 0.2) is 0 Å². The fraction of sp³-hybridized carbons (Fsp3) is 0.290. The van der Waals surface area contributed by atoms with Crippen molar-refractivity contribution in [2.24, 2.45) is 0 Å². The highest BCUT2D eigenvalue weighted by atomic mass is 35.5. The molecular weight excluding hydrogens is 517 g/mol.